The summed E-state index contributed by atoms with van der Waals surface area (Å²) in [7, 11) is -2.17. The summed E-state index contributed by atoms with van der Waals surface area (Å²) in [6.45, 7) is 5.75. The van der Waals surface area contributed by atoms with Gasteiger partial charge in [-0.15, -0.1) is 0 Å². The molecule has 0 aliphatic heterocycles. The molecular formula is C24H26O2P. The standard InChI is InChI=1S/C24H26O2P/c1-24(2,3)26-23(25)19-27(20-13-7-4-8-14-20,21-15-9-5-10-16-21)22-17-11-6-12-18-22/h4-18H,19H2,1-3H3. The van der Waals surface area contributed by atoms with Crippen LogP contribution in [-0.2, 0) is 9.53 Å². The van der Waals surface area contributed by atoms with Crippen molar-refractivity contribution in [3.8, 4) is 0 Å². The highest BCUT2D eigenvalue weighted by atomic mass is 31.2. The Balaban J connectivity index is 2.21. The van der Waals surface area contributed by atoms with Gasteiger partial charge >= 0.3 is 5.97 Å². The first-order chi connectivity index (χ1) is 12.9. The lowest BCUT2D eigenvalue weighted by Gasteiger charge is -2.38. The lowest BCUT2D eigenvalue weighted by molar-refractivity contribution is -0.151. The average molecular weight is 377 g/mol. The molecule has 3 heteroatoms. The van der Waals surface area contributed by atoms with Crippen molar-refractivity contribution in [2.45, 2.75) is 26.4 Å². The van der Waals surface area contributed by atoms with Crippen LogP contribution in [0.4, 0.5) is 0 Å². The van der Waals surface area contributed by atoms with Gasteiger partial charge in [-0.3, -0.25) is 4.79 Å². The normalized spacial score (nSPS) is 11.8. The third-order valence-corrected chi connectivity index (χ3v) is 8.65. The van der Waals surface area contributed by atoms with E-state index >= 15 is 0 Å². The molecule has 27 heavy (non-hydrogen) atoms. The Morgan fingerprint density at radius 3 is 1.33 bits per heavy atom. The Kier molecular flexibility index (Phi) is 5.77. The van der Waals surface area contributed by atoms with Gasteiger partial charge in [-0.05, 0) is 43.9 Å². The lowest BCUT2D eigenvalue weighted by atomic mass is 10.2. The van der Waals surface area contributed by atoms with Crippen molar-refractivity contribution >= 4 is 29.1 Å². The van der Waals surface area contributed by atoms with Crippen LogP contribution in [0, 0.1) is 0 Å². The quantitative estimate of drug-likeness (QED) is 0.489. The molecule has 1 radical (unpaired) electrons. The van der Waals surface area contributed by atoms with Gasteiger partial charge in [-0.25, -0.2) is 0 Å². The largest absolute Gasteiger partial charge is 0.460 e. The molecule has 0 atom stereocenters. The van der Waals surface area contributed by atoms with Crippen LogP contribution in [0.2, 0.25) is 0 Å². The van der Waals surface area contributed by atoms with Gasteiger partial charge in [0, 0.05) is 0 Å². The Bertz CT molecular complexity index is 772. The van der Waals surface area contributed by atoms with E-state index in [0.717, 1.165) is 0 Å². The first kappa shape index (κ1) is 19.3. The molecule has 0 aliphatic carbocycles. The fourth-order valence-corrected chi connectivity index (χ4v) is 7.27. The second-order valence-electron chi connectivity index (χ2n) is 7.56. The first-order valence-electron chi connectivity index (χ1n) is 9.19. The van der Waals surface area contributed by atoms with Crippen molar-refractivity contribution in [3.05, 3.63) is 91.0 Å². The van der Waals surface area contributed by atoms with Crippen LogP contribution < -0.4 is 15.9 Å². The van der Waals surface area contributed by atoms with Crippen molar-refractivity contribution in [1.82, 2.24) is 0 Å². The molecule has 0 saturated heterocycles. The van der Waals surface area contributed by atoms with Gasteiger partial charge in [0.15, 0.2) is 0 Å². The number of carbonyl (C=O) groups excluding carboxylic acids is 1. The monoisotopic (exact) mass is 377 g/mol. The molecule has 0 N–H and O–H groups in total. The van der Waals surface area contributed by atoms with Crippen LogP contribution in [0.3, 0.4) is 0 Å². The molecule has 139 valence electrons. The second kappa shape index (κ2) is 8.06. The molecule has 3 aromatic rings. The number of hydrogen-bond donors (Lipinski definition) is 0. The van der Waals surface area contributed by atoms with Gasteiger partial charge in [0.1, 0.15) is 5.60 Å². The summed E-state index contributed by atoms with van der Waals surface area (Å²) in [4.78, 5) is 13.0. The van der Waals surface area contributed by atoms with Crippen LogP contribution in [-0.4, -0.2) is 17.7 Å². The molecule has 2 nitrogen and oxygen atoms in total. The highest BCUT2D eigenvalue weighted by molar-refractivity contribution is 7.96. The van der Waals surface area contributed by atoms with E-state index in [1.165, 1.54) is 15.9 Å². The summed E-state index contributed by atoms with van der Waals surface area (Å²) in [6, 6.07) is 31.1. The van der Waals surface area contributed by atoms with E-state index in [-0.39, 0.29) is 5.97 Å². The summed E-state index contributed by atoms with van der Waals surface area (Å²) in [5.41, 5.74) is -0.503. The van der Waals surface area contributed by atoms with Crippen molar-refractivity contribution < 1.29 is 9.53 Å². The zero-order chi connectivity index (χ0) is 19.3. The van der Waals surface area contributed by atoms with Gasteiger partial charge in [0.05, 0.1) is 6.16 Å². The summed E-state index contributed by atoms with van der Waals surface area (Å²) in [6.07, 6.45) is 0.350. The second-order valence-corrected chi connectivity index (χ2v) is 11.0. The summed E-state index contributed by atoms with van der Waals surface area (Å²) in [5, 5.41) is 3.56. The Hall–Kier alpha value is -2.44. The van der Waals surface area contributed by atoms with E-state index in [4.69, 9.17) is 4.74 Å². The van der Waals surface area contributed by atoms with Gasteiger partial charge in [0.2, 0.25) is 0 Å². The molecule has 0 amide bonds. The van der Waals surface area contributed by atoms with Crippen LogP contribution in [0.5, 0.6) is 0 Å². The molecular weight excluding hydrogens is 351 g/mol. The van der Waals surface area contributed by atoms with E-state index in [0.29, 0.717) is 6.16 Å². The first-order valence-corrected chi connectivity index (χ1v) is 11.2. The number of carbonyl (C=O) groups is 1. The SMILES string of the molecule is CC(C)(C)OC(=O)C[P](c1ccccc1)(c1ccccc1)c1ccccc1. The number of ether oxygens (including phenoxy) is 1. The van der Waals surface area contributed by atoms with Gasteiger partial charge in [-0.1, -0.05) is 91.0 Å². The number of hydrogen-bond acceptors (Lipinski definition) is 2. The van der Waals surface area contributed by atoms with E-state index in [1.54, 1.807) is 0 Å². The maximum absolute atomic E-state index is 13.0. The summed E-state index contributed by atoms with van der Waals surface area (Å²) >= 11 is 0. The fourth-order valence-electron chi connectivity index (χ4n) is 3.34. The maximum Gasteiger partial charge on any atom is 0.311 e. The number of benzene rings is 3. The fraction of sp³-hybridized carbons (Fsp3) is 0.208. The Morgan fingerprint density at radius 1 is 0.704 bits per heavy atom. The molecule has 0 spiro atoms. The highest BCUT2D eigenvalue weighted by Crippen LogP contribution is 2.55. The van der Waals surface area contributed by atoms with Crippen molar-refractivity contribution in [3.63, 3.8) is 0 Å². The molecule has 0 fully saturated rings. The molecule has 0 bridgehead atoms. The average Bonchev–Trinajstić information content (AvgIpc) is 2.67. The van der Waals surface area contributed by atoms with Crippen molar-refractivity contribution in [2.75, 3.05) is 6.16 Å². The van der Waals surface area contributed by atoms with E-state index in [1.807, 2.05) is 75.4 Å². The zero-order valence-corrected chi connectivity index (χ0v) is 17.0. The minimum atomic E-state index is -2.17. The van der Waals surface area contributed by atoms with Crippen molar-refractivity contribution in [2.24, 2.45) is 0 Å². The smallest absolute Gasteiger partial charge is 0.311 e. The number of rotatable bonds is 5. The van der Waals surface area contributed by atoms with Crippen LogP contribution in [0.15, 0.2) is 91.0 Å². The molecule has 0 aromatic heterocycles. The molecule has 0 aliphatic rings. The highest BCUT2D eigenvalue weighted by Gasteiger charge is 2.37. The minimum absolute atomic E-state index is 0.160. The van der Waals surface area contributed by atoms with E-state index in [9.17, 15) is 4.79 Å². The predicted octanol–water partition coefficient (Wildman–Crippen LogP) is 4.32. The van der Waals surface area contributed by atoms with Gasteiger partial charge in [0.25, 0.3) is 0 Å². The number of esters is 1. The predicted molar refractivity (Wildman–Crippen MR) is 116 cm³/mol. The van der Waals surface area contributed by atoms with Gasteiger partial charge in [-0.2, -0.15) is 0 Å². The Labute approximate surface area is 162 Å². The molecule has 0 unspecified atom stereocenters. The lowest BCUT2D eigenvalue weighted by Crippen LogP contribution is -2.37. The van der Waals surface area contributed by atoms with Crippen LogP contribution in [0.25, 0.3) is 0 Å². The van der Waals surface area contributed by atoms with Crippen molar-refractivity contribution in [1.29, 1.82) is 0 Å². The zero-order valence-electron chi connectivity index (χ0n) is 16.1. The molecule has 3 aromatic carbocycles. The third-order valence-electron chi connectivity index (χ3n) is 4.38. The summed E-state index contributed by atoms with van der Waals surface area (Å²) < 4.78 is 5.75. The maximum atomic E-state index is 13.0. The minimum Gasteiger partial charge on any atom is -0.460 e. The Morgan fingerprint density at radius 2 is 1.04 bits per heavy atom. The topological polar surface area (TPSA) is 26.3 Å². The molecule has 0 heterocycles. The van der Waals surface area contributed by atoms with Crippen LogP contribution in [0.1, 0.15) is 20.8 Å². The third kappa shape index (κ3) is 4.46. The van der Waals surface area contributed by atoms with Crippen LogP contribution >= 0.6 is 7.26 Å². The molecule has 0 saturated carbocycles. The van der Waals surface area contributed by atoms with E-state index in [2.05, 4.69) is 36.4 Å². The van der Waals surface area contributed by atoms with Gasteiger partial charge < -0.3 is 4.74 Å². The van der Waals surface area contributed by atoms with E-state index < -0.39 is 12.9 Å². The molecule has 3 rings (SSSR count). The summed E-state index contributed by atoms with van der Waals surface area (Å²) in [5.74, 6) is -0.160.